The van der Waals surface area contributed by atoms with Crippen molar-refractivity contribution >= 4 is 17.3 Å². The average molecular weight is 348 g/mol. The summed E-state index contributed by atoms with van der Waals surface area (Å²) in [6.45, 7) is 0.0765. The molecule has 25 heavy (non-hydrogen) atoms. The van der Waals surface area contributed by atoms with E-state index in [9.17, 15) is 18.0 Å². The van der Waals surface area contributed by atoms with E-state index in [0.717, 1.165) is 5.69 Å². The highest BCUT2D eigenvalue weighted by atomic mass is 19.4. The quantitative estimate of drug-likeness (QED) is 0.860. The van der Waals surface area contributed by atoms with E-state index in [4.69, 9.17) is 0 Å². The third-order valence-corrected chi connectivity index (χ3v) is 4.38. The minimum Gasteiger partial charge on any atom is -0.355 e. The number of hydrogen-bond acceptors (Lipinski definition) is 2. The number of likely N-dealkylation sites (tertiary alicyclic amines) is 1. The summed E-state index contributed by atoms with van der Waals surface area (Å²) >= 11 is 0. The molecule has 1 aliphatic rings. The van der Waals surface area contributed by atoms with Gasteiger partial charge in [-0.15, -0.1) is 0 Å². The summed E-state index contributed by atoms with van der Waals surface area (Å²) < 4.78 is 39.0. The van der Waals surface area contributed by atoms with Gasteiger partial charge < -0.3 is 10.2 Å². The number of nitrogens with zero attached hydrogens (tertiary/aromatic N) is 1. The number of benzene rings is 2. The average Bonchev–Trinajstić information content (AvgIpc) is 2.62. The number of nitrogens with one attached hydrogen (secondary N) is 1. The first kappa shape index (κ1) is 17.3. The van der Waals surface area contributed by atoms with E-state index in [1.54, 1.807) is 24.3 Å². The van der Waals surface area contributed by atoms with Crippen LogP contribution in [0, 0.1) is 5.92 Å². The van der Waals surface area contributed by atoms with Crippen LogP contribution in [0.5, 0.6) is 0 Å². The molecule has 1 aliphatic heterocycles. The zero-order valence-corrected chi connectivity index (χ0v) is 13.6. The Kier molecular flexibility index (Phi) is 4.97. The van der Waals surface area contributed by atoms with Gasteiger partial charge in [-0.3, -0.25) is 4.79 Å². The van der Waals surface area contributed by atoms with Crippen LogP contribution < -0.4 is 5.32 Å². The number of piperidine rings is 1. The summed E-state index contributed by atoms with van der Waals surface area (Å²) in [4.78, 5) is 14.1. The third-order valence-electron chi connectivity index (χ3n) is 4.38. The van der Waals surface area contributed by atoms with Crippen molar-refractivity contribution in [3.8, 4) is 0 Å². The molecule has 132 valence electrons. The first-order valence-electron chi connectivity index (χ1n) is 8.22. The van der Waals surface area contributed by atoms with Gasteiger partial charge in [-0.2, -0.15) is 13.2 Å². The third kappa shape index (κ3) is 4.13. The maximum Gasteiger partial charge on any atom is 0.393 e. The van der Waals surface area contributed by atoms with Crippen molar-refractivity contribution in [3.63, 3.8) is 0 Å². The Labute approximate surface area is 144 Å². The number of para-hydroxylation sites is 2. The molecule has 0 aliphatic carbocycles. The Balaban J connectivity index is 1.80. The molecule has 1 heterocycles. The summed E-state index contributed by atoms with van der Waals surface area (Å²) in [5.74, 6) is -1.81. The Morgan fingerprint density at radius 2 is 1.72 bits per heavy atom. The fraction of sp³-hybridized carbons (Fsp3) is 0.316. The van der Waals surface area contributed by atoms with E-state index in [1.165, 1.54) is 4.90 Å². The molecule has 1 amide bonds. The highest BCUT2D eigenvalue weighted by Crippen LogP contribution is 2.34. The highest BCUT2D eigenvalue weighted by molar-refractivity contribution is 6.00. The van der Waals surface area contributed by atoms with Gasteiger partial charge in [0.2, 0.25) is 0 Å². The van der Waals surface area contributed by atoms with Crippen LogP contribution in [-0.4, -0.2) is 30.1 Å². The molecule has 0 saturated carbocycles. The number of carbonyl (C=O) groups is 1. The SMILES string of the molecule is O=C(c1ccccc1Nc1ccccc1)N1CCC[C@@H](C(F)(F)F)C1. The molecular formula is C19H19F3N2O. The van der Waals surface area contributed by atoms with Crippen LogP contribution in [0.2, 0.25) is 0 Å². The molecule has 1 fully saturated rings. The van der Waals surface area contributed by atoms with Crippen molar-refractivity contribution in [1.82, 2.24) is 4.90 Å². The van der Waals surface area contributed by atoms with Crippen molar-refractivity contribution in [1.29, 1.82) is 0 Å². The minimum absolute atomic E-state index is 0.0805. The Morgan fingerprint density at radius 1 is 1.04 bits per heavy atom. The lowest BCUT2D eigenvalue weighted by molar-refractivity contribution is -0.184. The summed E-state index contributed by atoms with van der Waals surface area (Å²) in [7, 11) is 0. The van der Waals surface area contributed by atoms with Crippen LogP contribution in [0.25, 0.3) is 0 Å². The van der Waals surface area contributed by atoms with Gasteiger partial charge in [0.05, 0.1) is 17.2 Å². The van der Waals surface area contributed by atoms with Gasteiger partial charge in [0.25, 0.3) is 5.91 Å². The van der Waals surface area contributed by atoms with Crippen LogP contribution in [0.4, 0.5) is 24.5 Å². The standard InChI is InChI=1S/C19H19F3N2O/c20-19(21,22)14-7-6-12-24(13-14)18(25)16-10-4-5-11-17(16)23-15-8-2-1-3-9-15/h1-5,8-11,14,23H,6-7,12-13H2/t14-/m1/s1. The predicted molar refractivity (Wildman–Crippen MR) is 90.8 cm³/mol. The van der Waals surface area contributed by atoms with Crippen LogP contribution in [0.15, 0.2) is 54.6 Å². The molecule has 0 radical (unpaired) electrons. The summed E-state index contributed by atoms with van der Waals surface area (Å²) in [5, 5.41) is 3.16. The summed E-state index contributed by atoms with van der Waals surface area (Å²) in [6.07, 6.45) is -3.82. The molecule has 3 rings (SSSR count). The second kappa shape index (κ2) is 7.17. The molecule has 3 nitrogen and oxygen atoms in total. The molecule has 0 bridgehead atoms. The van der Waals surface area contributed by atoms with Crippen LogP contribution in [0.3, 0.4) is 0 Å². The molecule has 1 saturated heterocycles. The van der Waals surface area contributed by atoms with Crippen molar-refractivity contribution in [2.75, 3.05) is 18.4 Å². The van der Waals surface area contributed by atoms with E-state index in [0.29, 0.717) is 24.2 Å². The molecule has 0 spiro atoms. The van der Waals surface area contributed by atoms with Gasteiger partial charge in [-0.05, 0) is 37.1 Å². The number of alkyl halides is 3. The second-order valence-electron chi connectivity index (χ2n) is 6.17. The lowest BCUT2D eigenvalue weighted by Crippen LogP contribution is -2.44. The fourth-order valence-electron chi connectivity index (χ4n) is 3.05. The number of amides is 1. The Bertz CT molecular complexity index is 731. The van der Waals surface area contributed by atoms with Gasteiger partial charge in [0.1, 0.15) is 0 Å². The van der Waals surface area contributed by atoms with E-state index in [-0.39, 0.29) is 18.9 Å². The zero-order valence-electron chi connectivity index (χ0n) is 13.6. The Morgan fingerprint density at radius 3 is 2.44 bits per heavy atom. The summed E-state index contributed by atoms with van der Waals surface area (Å²) in [5.41, 5.74) is 1.79. The van der Waals surface area contributed by atoms with E-state index in [2.05, 4.69) is 5.32 Å². The topological polar surface area (TPSA) is 32.3 Å². The van der Waals surface area contributed by atoms with E-state index in [1.807, 2.05) is 30.3 Å². The first-order valence-corrected chi connectivity index (χ1v) is 8.22. The molecular weight excluding hydrogens is 329 g/mol. The van der Waals surface area contributed by atoms with E-state index >= 15 is 0 Å². The lowest BCUT2D eigenvalue weighted by atomic mass is 9.96. The van der Waals surface area contributed by atoms with Crippen LogP contribution in [-0.2, 0) is 0 Å². The largest absolute Gasteiger partial charge is 0.393 e. The van der Waals surface area contributed by atoms with E-state index < -0.39 is 12.1 Å². The molecule has 2 aromatic rings. The maximum absolute atomic E-state index is 13.0. The Hall–Kier alpha value is -2.50. The van der Waals surface area contributed by atoms with Gasteiger partial charge >= 0.3 is 6.18 Å². The molecule has 0 aromatic heterocycles. The van der Waals surface area contributed by atoms with Crippen LogP contribution in [0.1, 0.15) is 23.2 Å². The molecule has 1 atom stereocenters. The molecule has 2 aromatic carbocycles. The highest BCUT2D eigenvalue weighted by Gasteiger charge is 2.42. The first-order chi connectivity index (χ1) is 11.9. The lowest BCUT2D eigenvalue weighted by Gasteiger charge is -2.34. The fourth-order valence-corrected chi connectivity index (χ4v) is 3.05. The molecule has 6 heteroatoms. The number of rotatable bonds is 3. The van der Waals surface area contributed by atoms with Gasteiger partial charge in [-0.25, -0.2) is 0 Å². The number of hydrogen-bond donors (Lipinski definition) is 1. The summed E-state index contributed by atoms with van der Waals surface area (Å²) in [6, 6.07) is 16.2. The predicted octanol–water partition coefficient (Wildman–Crippen LogP) is 4.84. The smallest absolute Gasteiger partial charge is 0.355 e. The van der Waals surface area contributed by atoms with Crippen molar-refractivity contribution in [2.24, 2.45) is 5.92 Å². The monoisotopic (exact) mass is 348 g/mol. The number of anilines is 2. The second-order valence-corrected chi connectivity index (χ2v) is 6.17. The zero-order chi connectivity index (χ0) is 17.9. The number of halogens is 3. The van der Waals surface area contributed by atoms with Gasteiger partial charge in [-0.1, -0.05) is 30.3 Å². The van der Waals surface area contributed by atoms with Crippen molar-refractivity contribution in [3.05, 3.63) is 60.2 Å². The minimum atomic E-state index is -4.26. The van der Waals surface area contributed by atoms with Gasteiger partial charge in [0, 0.05) is 18.8 Å². The van der Waals surface area contributed by atoms with Crippen molar-refractivity contribution in [2.45, 2.75) is 19.0 Å². The van der Waals surface area contributed by atoms with Crippen LogP contribution >= 0.6 is 0 Å². The van der Waals surface area contributed by atoms with Gasteiger partial charge in [0.15, 0.2) is 0 Å². The number of carbonyl (C=O) groups excluding carboxylic acids is 1. The normalized spacial score (nSPS) is 18.0. The molecule has 1 N–H and O–H groups in total. The van der Waals surface area contributed by atoms with Crippen molar-refractivity contribution < 1.29 is 18.0 Å². The molecule has 0 unspecified atom stereocenters. The maximum atomic E-state index is 13.0.